The maximum Gasteiger partial charge on any atom is 0.203 e. The van der Waals surface area contributed by atoms with Crippen LogP contribution in [0.3, 0.4) is 0 Å². The Morgan fingerprint density at radius 3 is 2.00 bits per heavy atom. The van der Waals surface area contributed by atoms with Crippen LogP contribution in [-0.2, 0) is 13.0 Å². The zero-order valence-electron chi connectivity index (χ0n) is 16.8. The van der Waals surface area contributed by atoms with Crippen molar-refractivity contribution in [1.29, 1.82) is 5.41 Å². The Hall–Kier alpha value is -3.07. The topological polar surface area (TPSA) is 33.7 Å². The summed E-state index contributed by atoms with van der Waals surface area (Å²) in [6.45, 7) is 7.20. The molecular formula is C25H27N3. The van der Waals surface area contributed by atoms with Gasteiger partial charge in [-0.3, -0.25) is 5.41 Å². The molecule has 3 nitrogen and oxygen atoms in total. The number of aryl methyl sites for hydroxylation is 4. The number of nitrogens with one attached hydrogen (secondary N) is 1. The quantitative estimate of drug-likeness (QED) is 0.489. The summed E-state index contributed by atoms with van der Waals surface area (Å²) in [5, 5.41) is 8.92. The molecule has 1 aromatic heterocycles. The van der Waals surface area contributed by atoms with Crippen LogP contribution in [0, 0.1) is 19.3 Å². The molecule has 1 unspecified atom stereocenters. The summed E-state index contributed by atoms with van der Waals surface area (Å²) in [6, 6.07) is 25.8. The van der Waals surface area contributed by atoms with Crippen molar-refractivity contribution in [3.63, 3.8) is 0 Å². The Labute approximate surface area is 166 Å². The van der Waals surface area contributed by atoms with Gasteiger partial charge in [-0.2, -0.15) is 0 Å². The van der Waals surface area contributed by atoms with Gasteiger partial charge in [0.2, 0.25) is 5.62 Å². The fourth-order valence-electron chi connectivity index (χ4n) is 3.86. The Balaban J connectivity index is 1.74. The number of hydrogen-bond acceptors (Lipinski definition) is 1. The average Bonchev–Trinajstić information content (AvgIpc) is 2.99. The van der Waals surface area contributed by atoms with Crippen LogP contribution in [0.15, 0.2) is 72.8 Å². The highest BCUT2D eigenvalue weighted by Crippen LogP contribution is 2.23. The SMILES string of the molecule is Cc1ccc(CCn2c(=N)n(C(C)c3ccc(C)cc3)c3ccccc32)cc1. The molecule has 3 heteroatoms. The van der Waals surface area contributed by atoms with Crippen LogP contribution < -0.4 is 5.62 Å². The molecule has 0 aliphatic rings. The number of nitrogens with zero attached hydrogens (tertiary/aromatic N) is 2. The van der Waals surface area contributed by atoms with E-state index < -0.39 is 0 Å². The molecule has 1 N–H and O–H groups in total. The van der Waals surface area contributed by atoms with Gasteiger partial charge in [-0.1, -0.05) is 71.8 Å². The van der Waals surface area contributed by atoms with Gasteiger partial charge >= 0.3 is 0 Å². The van der Waals surface area contributed by atoms with Crippen LogP contribution in [0.2, 0.25) is 0 Å². The molecule has 4 aromatic rings. The maximum absolute atomic E-state index is 8.92. The van der Waals surface area contributed by atoms with E-state index >= 15 is 0 Å². The highest BCUT2D eigenvalue weighted by Gasteiger charge is 2.16. The van der Waals surface area contributed by atoms with E-state index in [1.165, 1.54) is 22.3 Å². The molecule has 1 heterocycles. The number of benzene rings is 3. The second kappa shape index (κ2) is 7.51. The third kappa shape index (κ3) is 3.40. The van der Waals surface area contributed by atoms with Crippen molar-refractivity contribution >= 4 is 11.0 Å². The Morgan fingerprint density at radius 2 is 1.36 bits per heavy atom. The molecule has 3 aromatic carbocycles. The van der Waals surface area contributed by atoms with Gasteiger partial charge in [-0.15, -0.1) is 0 Å². The minimum atomic E-state index is 0.110. The third-order valence-electron chi connectivity index (χ3n) is 5.61. The summed E-state index contributed by atoms with van der Waals surface area (Å²) in [4.78, 5) is 0. The smallest absolute Gasteiger partial charge is 0.203 e. The van der Waals surface area contributed by atoms with Gasteiger partial charge in [0.25, 0.3) is 0 Å². The summed E-state index contributed by atoms with van der Waals surface area (Å²) in [6.07, 6.45) is 0.920. The van der Waals surface area contributed by atoms with E-state index in [4.69, 9.17) is 5.41 Å². The van der Waals surface area contributed by atoms with Gasteiger partial charge in [-0.25, -0.2) is 0 Å². The van der Waals surface area contributed by atoms with E-state index in [1.807, 2.05) is 0 Å². The lowest BCUT2D eigenvalue weighted by Crippen LogP contribution is -2.27. The molecule has 0 aliphatic heterocycles. The molecule has 1 atom stereocenters. The number of para-hydroxylation sites is 2. The molecule has 0 aliphatic carbocycles. The zero-order valence-corrected chi connectivity index (χ0v) is 16.8. The van der Waals surface area contributed by atoms with Crippen LogP contribution in [0.5, 0.6) is 0 Å². The summed E-state index contributed by atoms with van der Waals surface area (Å²) < 4.78 is 4.29. The Bertz CT molecular complexity index is 1150. The number of aromatic nitrogens is 2. The first kappa shape index (κ1) is 18.3. The highest BCUT2D eigenvalue weighted by atomic mass is 15.2. The number of fused-ring (bicyclic) bond motifs is 1. The molecule has 0 fully saturated rings. The van der Waals surface area contributed by atoms with E-state index in [1.54, 1.807) is 0 Å². The lowest BCUT2D eigenvalue weighted by atomic mass is 10.1. The number of rotatable bonds is 5. The third-order valence-corrected chi connectivity index (χ3v) is 5.61. The number of hydrogen-bond donors (Lipinski definition) is 1. The van der Waals surface area contributed by atoms with Crippen LogP contribution >= 0.6 is 0 Å². The van der Waals surface area contributed by atoms with Crippen LogP contribution in [0.25, 0.3) is 11.0 Å². The lowest BCUT2D eigenvalue weighted by molar-refractivity contribution is 0.566. The first-order valence-electron chi connectivity index (χ1n) is 9.91. The molecule has 142 valence electrons. The maximum atomic E-state index is 8.92. The van der Waals surface area contributed by atoms with Gasteiger partial charge in [0.05, 0.1) is 17.1 Å². The summed E-state index contributed by atoms with van der Waals surface area (Å²) in [5.41, 5.74) is 7.87. The van der Waals surface area contributed by atoms with Crippen molar-refractivity contribution in [1.82, 2.24) is 9.13 Å². The van der Waals surface area contributed by atoms with Gasteiger partial charge in [0.1, 0.15) is 0 Å². The van der Waals surface area contributed by atoms with Crippen LogP contribution in [-0.4, -0.2) is 9.13 Å². The predicted molar refractivity (Wildman–Crippen MR) is 116 cm³/mol. The minimum absolute atomic E-state index is 0.110. The molecule has 4 rings (SSSR count). The molecule has 0 radical (unpaired) electrons. The largest absolute Gasteiger partial charge is 0.310 e. The van der Waals surface area contributed by atoms with Crippen molar-refractivity contribution in [2.24, 2.45) is 0 Å². The normalized spacial score (nSPS) is 12.4. The van der Waals surface area contributed by atoms with Gasteiger partial charge < -0.3 is 9.13 Å². The fourth-order valence-corrected chi connectivity index (χ4v) is 3.86. The van der Waals surface area contributed by atoms with Crippen LogP contribution in [0.1, 0.15) is 35.2 Å². The van der Waals surface area contributed by atoms with Gasteiger partial charge in [-0.05, 0) is 50.5 Å². The van der Waals surface area contributed by atoms with Crippen molar-refractivity contribution in [3.05, 3.63) is 101 Å². The minimum Gasteiger partial charge on any atom is -0.310 e. The van der Waals surface area contributed by atoms with Crippen molar-refractivity contribution in [3.8, 4) is 0 Å². The fraction of sp³-hybridized carbons (Fsp3) is 0.240. The van der Waals surface area contributed by atoms with Gasteiger partial charge in [0, 0.05) is 6.54 Å². The molecular weight excluding hydrogens is 342 g/mol. The first-order chi connectivity index (χ1) is 13.5. The van der Waals surface area contributed by atoms with Crippen molar-refractivity contribution in [2.45, 2.75) is 39.8 Å². The van der Waals surface area contributed by atoms with E-state index in [9.17, 15) is 0 Å². The Morgan fingerprint density at radius 1 is 0.786 bits per heavy atom. The highest BCUT2D eigenvalue weighted by molar-refractivity contribution is 5.76. The van der Waals surface area contributed by atoms with Crippen molar-refractivity contribution < 1.29 is 0 Å². The predicted octanol–water partition coefficient (Wildman–Crippen LogP) is 5.39. The van der Waals surface area contributed by atoms with Crippen LogP contribution in [0.4, 0.5) is 0 Å². The molecule has 0 amide bonds. The zero-order chi connectivity index (χ0) is 19.7. The standard InChI is InChI=1S/C25H27N3/c1-18-8-12-21(13-9-18)16-17-27-23-6-4-5-7-24(23)28(25(27)26)20(3)22-14-10-19(2)11-15-22/h4-15,20,26H,16-17H2,1-3H3. The lowest BCUT2D eigenvalue weighted by Gasteiger charge is -2.15. The molecule has 28 heavy (non-hydrogen) atoms. The number of imidazole rings is 1. The molecule has 0 saturated carbocycles. The average molecular weight is 370 g/mol. The molecule has 0 saturated heterocycles. The van der Waals surface area contributed by atoms with E-state index in [0.29, 0.717) is 5.62 Å². The Kier molecular flexibility index (Phi) is 4.91. The second-order valence-electron chi connectivity index (χ2n) is 7.66. The molecule has 0 spiro atoms. The van der Waals surface area contributed by atoms with E-state index in [0.717, 1.165) is 24.0 Å². The molecule has 0 bridgehead atoms. The monoisotopic (exact) mass is 369 g/mol. The van der Waals surface area contributed by atoms with E-state index in [2.05, 4.69) is 103 Å². The van der Waals surface area contributed by atoms with Gasteiger partial charge in [0.15, 0.2) is 0 Å². The summed E-state index contributed by atoms with van der Waals surface area (Å²) in [7, 11) is 0. The summed E-state index contributed by atoms with van der Waals surface area (Å²) in [5.74, 6) is 0. The van der Waals surface area contributed by atoms with E-state index in [-0.39, 0.29) is 6.04 Å². The first-order valence-corrected chi connectivity index (χ1v) is 9.91. The summed E-state index contributed by atoms with van der Waals surface area (Å²) >= 11 is 0. The van der Waals surface area contributed by atoms with Crippen molar-refractivity contribution in [2.75, 3.05) is 0 Å². The second-order valence-corrected chi connectivity index (χ2v) is 7.66.